The van der Waals surface area contributed by atoms with Crippen molar-refractivity contribution in [3.8, 4) is 0 Å². The Labute approximate surface area is 138 Å². The molecule has 0 radical (unpaired) electrons. The number of benzene rings is 2. The third-order valence-electron chi connectivity index (χ3n) is 3.45. The van der Waals surface area contributed by atoms with Crippen LogP contribution in [0.2, 0.25) is 10.0 Å². The lowest BCUT2D eigenvalue weighted by molar-refractivity contribution is 0.0982. The molecule has 1 aliphatic rings. The van der Waals surface area contributed by atoms with Gasteiger partial charge in [-0.1, -0.05) is 29.3 Å². The number of Topliss-reactive ketones (excluding diaryl/α,β-unsaturated/α-hetero) is 1. The number of anilines is 1. The van der Waals surface area contributed by atoms with Crippen LogP contribution in [-0.4, -0.2) is 20.7 Å². The van der Waals surface area contributed by atoms with Crippen LogP contribution in [0, 0.1) is 0 Å². The van der Waals surface area contributed by atoms with Gasteiger partial charge in [0, 0.05) is 28.6 Å². The maximum absolute atomic E-state index is 12.8. The van der Waals surface area contributed by atoms with Gasteiger partial charge in [-0.3, -0.25) is 9.10 Å². The molecule has 4 nitrogen and oxygen atoms in total. The molecule has 0 atom stereocenters. The van der Waals surface area contributed by atoms with E-state index >= 15 is 0 Å². The molecule has 22 heavy (non-hydrogen) atoms. The van der Waals surface area contributed by atoms with Crippen molar-refractivity contribution in [3.05, 3.63) is 58.1 Å². The Bertz CT molecular complexity index is 865. The molecule has 0 aromatic heterocycles. The number of nitrogens with zero attached hydrogens (tertiary/aromatic N) is 1. The molecule has 0 unspecified atom stereocenters. The van der Waals surface area contributed by atoms with E-state index in [9.17, 15) is 13.2 Å². The highest BCUT2D eigenvalue weighted by molar-refractivity contribution is 7.92. The van der Waals surface area contributed by atoms with Gasteiger partial charge in [-0.2, -0.15) is 0 Å². The summed E-state index contributed by atoms with van der Waals surface area (Å²) >= 11 is 11.8. The first-order valence-electron chi connectivity index (χ1n) is 6.50. The monoisotopic (exact) mass is 355 g/mol. The highest BCUT2D eigenvalue weighted by Crippen LogP contribution is 2.34. The summed E-state index contributed by atoms with van der Waals surface area (Å²) in [6.07, 6.45) is 0.118. The summed E-state index contributed by atoms with van der Waals surface area (Å²) in [5.74, 6) is -0.116. The van der Waals surface area contributed by atoms with Gasteiger partial charge >= 0.3 is 0 Å². The lowest BCUT2D eigenvalue weighted by Crippen LogP contribution is -2.37. The summed E-state index contributed by atoms with van der Waals surface area (Å²) in [5, 5.41) is 0.736. The number of carbonyl (C=O) groups is 1. The first-order chi connectivity index (χ1) is 10.4. The SMILES string of the molecule is O=C1CCN(S(=O)(=O)c2cccc(Cl)c2)c2ccc(Cl)cc21. The Morgan fingerprint density at radius 2 is 1.73 bits per heavy atom. The van der Waals surface area contributed by atoms with E-state index in [0.717, 1.165) is 0 Å². The largest absolute Gasteiger partial charge is 0.294 e. The van der Waals surface area contributed by atoms with E-state index < -0.39 is 10.0 Å². The van der Waals surface area contributed by atoms with Crippen LogP contribution >= 0.6 is 23.2 Å². The molecule has 1 aliphatic heterocycles. The molecule has 0 N–H and O–H groups in total. The summed E-state index contributed by atoms with van der Waals surface area (Å²) < 4.78 is 26.9. The van der Waals surface area contributed by atoms with Crippen LogP contribution < -0.4 is 4.31 Å². The molecule has 2 aromatic rings. The Hall–Kier alpha value is -1.56. The number of ketones is 1. The van der Waals surface area contributed by atoms with Crippen LogP contribution in [0.25, 0.3) is 0 Å². The second kappa shape index (κ2) is 5.57. The second-order valence-electron chi connectivity index (χ2n) is 4.87. The maximum atomic E-state index is 12.8. The molecule has 2 aromatic carbocycles. The lowest BCUT2D eigenvalue weighted by atomic mass is 10.0. The van der Waals surface area contributed by atoms with Crippen molar-refractivity contribution in [2.75, 3.05) is 10.8 Å². The molecule has 0 spiro atoms. The quantitative estimate of drug-likeness (QED) is 0.823. The van der Waals surface area contributed by atoms with Gasteiger partial charge in [0.2, 0.25) is 0 Å². The molecule has 3 rings (SSSR count). The summed E-state index contributed by atoms with van der Waals surface area (Å²) in [6, 6.07) is 10.7. The van der Waals surface area contributed by atoms with Crippen LogP contribution in [0.15, 0.2) is 47.4 Å². The minimum absolute atomic E-state index is 0.0928. The molecular formula is C15H11Cl2NO3S. The van der Waals surface area contributed by atoms with E-state index in [1.165, 1.54) is 22.5 Å². The molecule has 0 saturated heterocycles. The number of sulfonamides is 1. The second-order valence-corrected chi connectivity index (χ2v) is 7.60. The van der Waals surface area contributed by atoms with Gasteiger partial charge < -0.3 is 0 Å². The molecule has 7 heteroatoms. The Morgan fingerprint density at radius 3 is 2.45 bits per heavy atom. The number of rotatable bonds is 2. The van der Waals surface area contributed by atoms with E-state index in [4.69, 9.17) is 23.2 Å². The highest BCUT2D eigenvalue weighted by Gasteiger charge is 2.32. The standard InChI is InChI=1S/C15H11Cl2NO3S/c16-10-2-1-3-12(8-10)22(20,21)18-7-6-15(19)13-9-11(17)4-5-14(13)18/h1-5,8-9H,6-7H2. The average Bonchev–Trinajstić information content (AvgIpc) is 2.48. The third-order valence-corrected chi connectivity index (χ3v) is 5.73. The van der Waals surface area contributed by atoms with Crippen molar-refractivity contribution in [2.24, 2.45) is 0 Å². The van der Waals surface area contributed by atoms with Crippen molar-refractivity contribution in [3.63, 3.8) is 0 Å². The van der Waals surface area contributed by atoms with Crippen molar-refractivity contribution < 1.29 is 13.2 Å². The van der Waals surface area contributed by atoms with E-state index in [1.54, 1.807) is 24.3 Å². The van der Waals surface area contributed by atoms with Gasteiger partial charge in [-0.15, -0.1) is 0 Å². The molecule has 0 saturated carbocycles. The van der Waals surface area contributed by atoms with Crippen molar-refractivity contribution >= 4 is 44.7 Å². The first kappa shape index (κ1) is 15.3. The summed E-state index contributed by atoms with van der Waals surface area (Å²) in [4.78, 5) is 12.1. The lowest BCUT2D eigenvalue weighted by Gasteiger charge is -2.29. The van der Waals surface area contributed by atoms with Gasteiger partial charge in [0.1, 0.15) is 0 Å². The van der Waals surface area contributed by atoms with Gasteiger partial charge in [0.05, 0.1) is 10.6 Å². The van der Waals surface area contributed by atoms with Crippen molar-refractivity contribution in [1.29, 1.82) is 0 Å². The predicted molar refractivity (Wildman–Crippen MR) is 86.4 cm³/mol. The van der Waals surface area contributed by atoms with Gasteiger partial charge in [-0.05, 0) is 36.4 Å². The van der Waals surface area contributed by atoms with Crippen LogP contribution in [0.5, 0.6) is 0 Å². The van der Waals surface area contributed by atoms with E-state index in [0.29, 0.717) is 21.3 Å². The molecule has 1 heterocycles. The Balaban J connectivity index is 2.14. The zero-order valence-electron chi connectivity index (χ0n) is 11.3. The fourth-order valence-corrected chi connectivity index (χ4v) is 4.37. The molecule has 0 bridgehead atoms. The van der Waals surface area contributed by atoms with E-state index in [1.807, 2.05) is 0 Å². The Morgan fingerprint density at radius 1 is 1.00 bits per heavy atom. The number of fused-ring (bicyclic) bond motifs is 1. The van der Waals surface area contributed by atoms with Crippen molar-refractivity contribution in [2.45, 2.75) is 11.3 Å². The zero-order valence-corrected chi connectivity index (χ0v) is 13.6. The maximum Gasteiger partial charge on any atom is 0.264 e. The molecule has 0 amide bonds. The fraction of sp³-hybridized carbons (Fsp3) is 0.133. The third kappa shape index (κ3) is 2.60. The topological polar surface area (TPSA) is 54.5 Å². The van der Waals surface area contributed by atoms with Crippen molar-refractivity contribution in [1.82, 2.24) is 0 Å². The average molecular weight is 356 g/mol. The predicted octanol–water partition coefficient (Wildman–Crippen LogP) is 3.78. The number of halogens is 2. The van der Waals surface area contributed by atoms with Crippen LogP contribution in [0.4, 0.5) is 5.69 Å². The molecular weight excluding hydrogens is 345 g/mol. The van der Waals surface area contributed by atoms with Gasteiger partial charge in [-0.25, -0.2) is 8.42 Å². The summed E-state index contributed by atoms with van der Waals surface area (Å²) in [7, 11) is -3.78. The molecule has 0 fully saturated rings. The van der Waals surface area contributed by atoms with Crippen LogP contribution in [-0.2, 0) is 10.0 Å². The van der Waals surface area contributed by atoms with E-state index in [2.05, 4.69) is 0 Å². The Kier molecular flexibility index (Phi) is 3.89. The first-order valence-corrected chi connectivity index (χ1v) is 8.70. The smallest absolute Gasteiger partial charge is 0.264 e. The van der Waals surface area contributed by atoms with Crippen LogP contribution in [0.1, 0.15) is 16.8 Å². The van der Waals surface area contributed by atoms with Crippen LogP contribution in [0.3, 0.4) is 0 Å². The highest BCUT2D eigenvalue weighted by atomic mass is 35.5. The summed E-state index contributed by atoms with van der Waals surface area (Å²) in [5.41, 5.74) is 0.671. The van der Waals surface area contributed by atoms with Gasteiger partial charge in [0.25, 0.3) is 10.0 Å². The number of carbonyl (C=O) groups excluding carboxylic acids is 1. The van der Waals surface area contributed by atoms with E-state index in [-0.39, 0.29) is 23.6 Å². The molecule has 114 valence electrons. The summed E-state index contributed by atoms with van der Waals surface area (Å²) in [6.45, 7) is 0.0995. The zero-order chi connectivity index (χ0) is 15.9. The fourth-order valence-electron chi connectivity index (χ4n) is 2.41. The number of hydrogen-bond acceptors (Lipinski definition) is 3. The van der Waals surface area contributed by atoms with Gasteiger partial charge in [0.15, 0.2) is 5.78 Å². The minimum atomic E-state index is -3.78. The molecule has 0 aliphatic carbocycles. The normalized spacial score (nSPS) is 14.8. The number of hydrogen-bond donors (Lipinski definition) is 0. The minimum Gasteiger partial charge on any atom is -0.294 e.